The SMILES string of the molecule is COc1ccc(COCC/C(C)=C/[C@@H](O[Si](C)(C)C(C)(C)C)[C@@H](C)\C=C(C)/C=C(C)\C=C\C(=O)[C@H](C)[C@H](OC)/C(C)=C/I)cc1. The van der Waals surface area contributed by atoms with Crippen molar-refractivity contribution in [2.75, 3.05) is 20.8 Å². The van der Waals surface area contributed by atoms with E-state index in [2.05, 4.69) is 95.5 Å². The highest BCUT2D eigenvalue weighted by atomic mass is 127. The lowest BCUT2D eigenvalue weighted by Crippen LogP contribution is -2.45. The number of ketones is 1. The molecule has 0 radical (unpaired) electrons. The fraction of sp³-hybridized carbons (Fsp3) is 0.553. The summed E-state index contributed by atoms with van der Waals surface area (Å²) >= 11 is 2.19. The third kappa shape index (κ3) is 14.7. The molecule has 7 heteroatoms. The molecule has 0 bridgehead atoms. The van der Waals surface area contributed by atoms with Gasteiger partial charge in [-0.05, 0) is 85.7 Å². The number of rotatable bonds is 18. The number of ether oxygens (including phenoxy) is 3. The van der Waals surface area contributed by atoms with E-state index in [0.29, 0.717) is 13.2 Å². The molecule has 0 aliphatic heterocycles. The quantitative estimate of drug-likeness (QED) is 0.0374. The van der Waals surface area contributed by atoms with Crippen LogP contribution in [0.3, 0.4) is 0 Å². The van der Waals surface area contributed by atoms with Gasteiger partial charge in [-0.15, -0.1) is 0 Å². The third-order valence-electron chi connectivity index (χ3n) is 8.54. The Bertz CT molecular complexity index is 1220. The minimum absolute atomic E-state index is 0.0470. The molecule has 0 heterocycles. The summed E-state index contributed by atoms with van der Waals surface area (Å²) in [5.74, 6) is 0.813. The number of hydrogen-bond acceptors (Lipinski definition) is 5. The van der Waals surface area contributed by atoms with Crippen LogP contribution in [0.25, 0.3) is 0 Å². The average molecular weight is 751 g/mol. The van der Waals surface area contributed by atoms with E-state index in [9.17, 15) is 4.79 Å². The smallest absolute Gasteiger partial charge is 0.192 e. The minimum Gasteiger partial charge on any atom is -0.497 e. The van der Waals surface area contributed by atoms with Crippen LogP contribution in [0.5, 0.6) is 5.75 Å². The molecular formula is C38H59IO5Si. The Labute approximate surface area is 289 Å². The van der Waals surface area contributed by atoms with Crippen molar-refractivity contribution in [2.24, 2.45) is 11.8 Å². The Morgan fingerprint density at radius 3 is 2.11 bits per heavy atom. The predicted octanol–water partition coefficient (Wildman–Crippen LogP) is 10.6. The molecule has 0 N–H and O–H groups in total. The summed E-state index contributed by atoms with van der Waals surface area (Å²) in [5.41, 5.74) is 5.60. The summed E-state index contributed by atoms with van der Waals surface area (Å²) < 4.78 is 25.8. The van der Waals surface area contributed by atoms with Crippen molar-refractivity contribution < 1.29 is 23.4 Å². The van der Waals surface area contributed by atoms with Crippen molar-refractivity contribution >= 4 is 36.7 Å². The van der Waals surface area contributed by atoms with Gasteiger partial charge >= 0.3 is 0 Å². The van der Waals surface area contributed by atoms with Crippen LogP contribution >= 0.6 is 22.6 Å². The van der Waals surface area contributed by atoms with Crippen LogP contribution < -0.4 is 4.74 Å². The first-order chi connectivity index (χ1) is 20.9. The van der Waals surface area contributed by atoms with Gasteiger partial charge in [-0.2, -0.15) is 0 Å². The van der Waals surface area contributed by atoms with Gasteiger partial charge in [0.2, 0.25) is 0 Å². The van der Waals surface area contributed by atoms with Gasteiger partial charge in [0.05, 0.1) is 32.5 Å². The predicted molar refractivity (Wildman–Crippen MR) is 202 cm³/mol. The number of allylic oxidation sites excluding steroid dienone is 5. The number of methoxy groups -OCH3 is 2. The second kappa shape index (κ2) is 19.8. The van der Waals surface area contributed by atoms with Gasteiger partial charge in [-0.1, -0.05) is 110 Å². The van der Waals surface area contributed by atoms with Crippen LogP contribution in [0.15, 0.2) is 81.0 Å². The molecule has 0 aliphatic carbocycles. The summed E-state index contributed by atoms with van der Waals surface area (Å²) in [6, 6.07) is 7.99. The molecule has 0 amide bonds. The molecule has 0 aromatic heterocycles. The van der Waals surface area contributed by atoms with E-state index >= 15 is 0 Å². The molecule has 0 unspecified atom stereocenters. The molecule has 0 saturated heterocycles. The van der Waals surface area contributed by atoms with Gasteiger partial charge < -0.3 is 18.6 Å². The summed E-state index contributed by atoms with van der Waals surface area (Å²) in [6.07, 6.45) is 10.8. The van der Waals surface area contributed by atoms with E-state index in [-0.39, 0.29) is 34.9 Å². The van der Waals surface area contributed by atoms with Crippen LogP contribution in [-0.2, 0) is 25.3 Å². The van der Waals surface area contributed by atoms with Gasteiger partial charge in [0.15, 0.2) is 14.1 Å². The summed E-state index contributed by atoms with van der Waals surface area (Å²) in [7, 11) is 1.30. The molecule has 252 valence electrons. The van der Waals surface area contributed by atoms with Gasteiger partial charge in [-0.3, -0.25) is 4.79 Å². The van der Waals surface area contributed by atoms with Crippen molar-refractivity contribution in [1.82, 2.24) is 0 Å². The topological polar surface area (TPSA) is 54.0 Å². The van der Waals surface area contributed by atoms with E-state index in [1.54, 1.807) is 20.3 Å². The first-order valence-electron chi connectivity index (χ1n) is 15.9. The fourth-order valence-corrected chi connectivity index (χ4v) is 6.32. The first kappa shape index (κ1) is 41.2. The van der Waals surface area contributed by atoms with Crippen LogP contribution in [0.1, 0.15) is 74.3 Å². The lowest BCUT2D eigenvalue weighted by molar-refractivity contribution is -0.120. The molecule has 5 nitrogen and oxygen atoms in total. The van der Waals surface area contributed by atoms with Crippen LogP contribution in [0.2, 0.25) is 18.1 Å². The Balaban J connectivity index is 3.04. The molecule has 45 heavy (non-hydrogen) atoms. The van der Waals surface area contributed by atoms with Crippen molar-refractivity contribution in [3.8, 4) is 5.75 Å². The van der Waals surface area contributed by atoms with E-state index in [4.69, 9.17) is 18.6 Å². The Morgan fingerprint density at radius 1 is 0.956 bits per heavy atom. The molecule has 0 spiro atoms. The number of carbonyl (C=O) groups is 1. The zero-order chi connectivity index (χ0) is 34.4. The fourth-order valence-electron chi connectivity index (χ4n) is 4.64. The zero-order valence-corrected chi connectivity index (χ0v) is 33.3. The van der Waals surface area contributed by atoms with Crippen molar-refractivity contribution in [2.45, 2.75) is 106 Å². The standard InChI is InChI=1S/C38H59IO5Si/c1-27(14-19-35(40)32(6)37(42-11)31(5)25-39)22-29(3)23-30(4)36(44-45(12,13)38(7,8)9)24-28(2)20-21-43-26-33-15-17-34(41-10)18-16-33/h14-19,22-25,30,32,36-37H,20-21,26H2,1-13H3/b19-14+,27-22-,28-24+,29-23-,31-25+/t30-,32-,36+,37+/m0/s1. The normalized spacial score (nSPS) is 16.9. The number of halogens is 1. The van der Waals surface area contributed by atoms with Gasteiger partial charge in [0.1, 0.15) is 5.75 Å². The maximum atomic E-state index is 12.9. The third-order valence-corrected chi connectivity index (χ3v) is 14.0. The molecule has 1 aromatic carbocycles. The molecule has 1 rings (SSSR count). The zero-order valence-electron chi connectivity index (χ0n) is 30.1. The lowest BCUT2D eigenvalue weighted by Gasteiger charge is -2.40. The minimum atomic E-state index is -2.02. The molecule has 1 aromatic rings. The van der Waals surface area contributed by atoms with E-state index in [0.717, 1.165) is 34.5 Å². The van der Waals surface area contributed by atoms with E-state index in [1.807, 2.05) is 55.2 Å². The van der Waals surface area contributed by atoms with Crippen molar-refractivity contribution in [3.05, 3.63) is 86.6 Å². The Hall–Kier alpha value is -1.78. The second-order valence-electron chi connectivity index (χ2n) is 13.7. The largest absolute Gasteiger partial charge is 0.497 e. The monoisotopic (exact) mass is 750 g/mol. The Kier molecular flexibility index (Phi) is 18.1. The second-order valence-corrected chi connectivity index (χ2v) is 19.1. The van der Waals surface area contributed by atoms with E-state index < -0.39 is 8.32 Å². The summed E-state index contributed by atoms with van der Waals surface area (Å²) in [4.78, 5) is 12.9. The first-order valence-corrected chi connectivity index (χ1v) is 20.0. The Morgan fingerprint density at radius 2 is 1.58 bits per heavy atom. The van der Waals surface area contributed by atoms with Gasteiger partial charge in [0, 0.05) is 18.9 Å². The van der Waals surface area contributed by atoms with Crippen LogP contribution in [0, 0.1) is 11.8 Å². The molecule has 0 saturated carbocycles. The highest BCUT2D eigenvalue weighted by molar-refractivity contribution is 14.1. The number of hydrogen-bond donors (Lipinski definition) is 0. The number of benzene rings is 1. The van der Waals surface area contributed by atoms with Crippen molar-refractivity contribution in [3.63, 3.8) is 0 Å². The number of carbonyl (C=O) groups excluding carboxylic acids is 1. The molecule has 4 atom stereocenters. The molecule has 0 fully saturated rings. The van der Waals surface area contributed by atoms with Gasteiger partial charge in [-0.25, -0.2) is 0 Å². The maximum Gasteiger partial charge on any atom is 0.192 e. The molecular weight excluding hydrogens is 691 g/mol. The van der Waals surface area contributed by atoms with Crippen molar-refractivity contribution in [1.29, 1.82) is 0 Å². The highest BCUT2D eigenvalue weighted by Gasteiger charge is 2.39. The average Bonchev–Trinajstić information content (AvgIpc) is 2.97. The van der Waals surface area contributed by atoms with E-state index in [1.165, 1.54) is 5.57 Å². The lowest BCUT2D eigenvalue weighted by atomic mass is 9.94. The molecule has 0 aliphatic rings. The van der Waals surface area contributed by atoms with Gasteiger partial charge in [0.25, 0.3) is 0 Å². The maximum absolute atomic E-state index is 12.9. The summed E-state index contributed by atoms with van der Waals surface area (Å²) in [5, 5.41) is 0.102. The van der Waals surface area contributed by atoms with Crippen LogP contribution in [-0.4, -0.2) is 47.1 Å². The highest BCUT2D eigenvalue weighted by Crippen LogP contribution is 2.38. The van der Waals surface area contributed by atoms with Crippen LogP contribution in [0.4, 0.5) is 0 Å². The summed E-state index contributed by atoms with van der Waals surface area (Å²) in [6.45, 7) is 25.1.